The molecule has 2 atom stereocenters. The Labute approximate surface area is 121 Å². The van der Waals surface area contributed by atoms with Crippen LogP contribution in [0.2, 0.25) is 0 Å². The van der Waals surface area contributed by atoms with Crippen LogP contribution in [0.4, 0.5) is 0 Å². The van der Waals surface area contributed by atoms with E-state index in [-0.39, 0.29) is 6.10 Å². The maximum atomic E-state index is 6.01. The molecule has 0 amide bonds. The van der Waals surface area contributed by atoms with E-state index in [4.69, 9.17) is 9.47 Å². The molecular formula is C17H25NO2. The summed E-state index contributed by atoms with van der Waals surface area (Å²) in [6, 6.07) is 7.16. The highest BCUT2D eigenvalue weighted by Crippen LogP contribution is 2.25. The zero-order valence-corrected chi connectivity index (χ0v) is 12.5. The number of benzene rings is 1. The molecule has 3 nitrogen and oxygen atoms in total. The molecule has 0 spiro atoms. The third-order valence-electron chi connectivity index (χ3n) is 4.12. The lowest BCUT2D eigenvalue weighted by Gasteiger charge is -2.16. The monoisotopic (exact) mass is 275 g/mol. The summed E-state index contributed by atoms with van der Waals surface area (Å²) in [5.41, 5.74) is 2.55. The third-order valence-corrected chi connectivity index (χ3v) is 4.12. The van der Waals surface area contributed by atoms with Gasteiger partial charge in [0.2, 0.25) is 0 Å². The van der Waals surface area contributed by atoms with Crippen molar-refractivity contribution in [2.45, 2.75) is 64.3 Å². The molecule has 3 rings (SSSR count). The van der Waals surface area contributed by atoms with Crippen molar-refractivity contribution in [1.82, 2.24) is 5.32 Å². The fourth-order valence-corrected chi connectivity index (χ4v) is 2.72. The topological polar surface area (TPSA) is 30.5 Å². The van der Waals surface area contributed by atoms with Crippen molar-refractivity contribution in [1.29, 1.82) is 0 Å². The molecular weight excluding hydrogens is 250 g/mol. The summed E-state index contributed by atoms with van der Waals surface area (Å²) in [4.78, 5) is 0. The van der Waals surface area contributed by atoms with Crippen LogP contribution in [0.5, 0.6) is 5.75 Å². The molecule has 110 valence electrons. The molecule has 0 radical (unpaired) electrons. The minimum Gasteiger partial charge on any atom is -0.491 e. The number of rotatable bonds is 6. The summed E-state index contributed by atoms with van der Waals surface area (Å²) in [5, 5.41) is 3.56. The average Bonchev–Trinajstić information content (AvgIpc) is 3.17. The molecule has 1 aromatic rings. The average molecular weight is 275 g/mol. The Morgan fingerprint density at radius 1 is 1.25 bits per heavy atom. The Balaban J connectivity index is 1.58. The van der Waals surface area contributed by atoms with E-state index in [2.05, 4.69) is 37.4 Å². The number of nitrogens with one attached hydrogen (secondary N) is 1. The van der Waals surface area contributed by atoms with E-state index in [0.717, 1.165) is 31.2 Å². The van der Waals surface area contributed by atoms with Gasteiger partial charge in [-0.25, -0.2) is 0 Å². The minimum absolute atomic E-state index is 0.260. The van der Waals surface area contributed by atoms with E-state index in [1.165, 1.54) is 24.0 Å². The molecule has 20 heavy (non-hydrogen) atoms. The highest BCUT2D eigenvalue weighted by molar-refractivity contribution is 5.37. The molecule has 1 aliphatic carbocycles. The quantitative estimate of drug-likeness (QED) is 0.865. The van der Waals surface area contributed by atoms with Crippen LogP contribution in [-0.4, -0.2) is 24.9 Å². The fourth-order valence-electron chi connectivity index (χ4n) is 2.72. The lowest BCUT2D eigenvalue weighted by Crippen LogP contribution is -2.20. The van der Waals surface area contributed by atoms with Crippen molar-refractivity contribution in [2.24, 2.45) is 0 Å². The van der Waals surface area contributed by atoms with Crippen LogP contribution < -0.4 is 10.1 Å². The van der Waals surface area contributed by atoms with Crippen molar-refractivity contribution < 1.29 is 9.47 Å². The van der Waals surface area contributed by atoms with Gasteiger partial charge in [0.15, 0.2) is 0 Å². The van der Waals surface area contributed by atoms with Crippen molar-refractivity contribution >= 4 is 0 Å². The Bertz CT molecular complexity index is 456. The summed E-state index contributed by atoms with van der Waals surface area (Å²) >= 11 is 0. The largest absolute Gasteiger partial charge is 0.491 e. The molecule has 2 fully saturated rings. The number of aryl methyl sites for hydroxylation is 1. The van der Waals surface area contributed by atoms with E-state index in [1.807, 2.05) is 0 Å². The van der Waals surface area contributed by atoms with Gasteiger partial charge in [-0.2, -0.15) is 0 Å². The SMILES string of the molecule is Cc1ccc(OCC2CCC(C)O2)c(CNC2CC2)c1. The van der Waals surface area contributed by atoms with E-state index in [0.29, 0.717) is 12.7 Å². The number of ether oxygens (including phenoxy) is 2. The second-order valence-corrected chi connectivity index (χ2v) is 6.22. The Morgan fingerprint density at radius 2 is 2.10 bits per heavy atom. The Morgan fingerprint density at radius 3 is 2.80 bits per heavy atom. The van der Waals surface area contributed by atoms with Gasteiger partial charge in [-0.05, 0) is 45.6 Å². The van der Waals surface area contributed by atoms with Crippen molar-refractivity contribution in [3.05, 3.63) is 29.3 Å². The Kier molecular flexibility index (Phi) is 4.27. The smallest absolute Gasteiger partial charge is 0.123 e. The molecule has 1 saturated heterocycles. The van der Waals surface area contributed by atoms with Gasteiger partial charge in [0, 0.05) is 18.2 Å². The summed E-state index contributed by atoms with van der Waals surface area (Å²) < 4.78 is 11.8. The molecule has 1 saturated carbocycles. The van der Waals surface area contributed by atoms with Gasteiger partial charge < -0.3 is 14.8 Å². The minimum atomic E-state index is 0.260. The van der Waals surface area contributed by atoms with Gasteiger partial charge in [0.25, 0.3) is 0 Å². The summed E-state index contributed by atoms with van der Waals surface area (Å²) in [7, 11) is 0. The predicted octanol–water partition coefficient (Wildman–Crippen LogP) is 3.19. The first-order chi connectivity index (χ1) is 9.70. The highest BCUT2D eigenvalue weighted by Gasteiger charge is 2.23. The molecule has 1 aliphatic heterocycles. The number of hydrogen-bond donors (Lipinski definition) is 1. The summed E-state index contributed by atoms with van der Waals surface area (Å²) in [6.45, 7) is 5.84. The van der Waals surface area contributed by atoms with Crippen molar-refractivity contribution in [2.75, 3.05) is 6.61 Å². The zero-order chi connectivity index (χ0) is 13.9. The first kappa shape index (κ1) is 13.9. The van der Waals surface area contributed by atoms with Crippen molar-refractivity contribution in [3.63, 3.8) is 0 Å². The summed E-state index contributed by atoms with van der Waals surface area (Å²) in [5.74, 6) is 1.01. The van der Waals surface area contributed by atoms with Crippen LogP contribution in [0.25, 0.3) is 0 Å². The maximum Gasteiger partial charge on any atom is 0.123 e. The normalized spacial score (nSPS) is 25.9. The molecule has 1 heterocycles. The molecule has 2 unspecified atom stereocenters. The fraction of sp³-hybridized carbons (Fsp3) is 0.647. The molecule has 0 aromatic heterocycles. The third kappa shape index (κ3) is 3.74. The van der Waals surface area contributed by atoms with Crippen LogP contribution in [0.15, 0.2) is 18.2 Å². The van der Waals surface area contributed by atoms with E-state index in [1.54, 1.807) is 0 Å². The van der Waals surface area contributed by atoms with E-state index in [9.17, 15) is 0 Å². The second-order valence-electron chi connectivity index (χ2n) is 6.22. The van der Waals surface area contributed by atoms with Gasteiger partial charge in [0.1, 0.15) is 12.4 Å². The van der Waals surface area contributed by atoms with Gasteiger partial charge in [-0.15, -0.1) is 0 Å². The first-order valence-corrected chi connectivity index (χ1v) is 7.82. The first-order valence-electron chi connectivity index (χ1n) is 7.82. The lowest BCUT2D eigenvalue weighted by molar-refractivity contribution is 0.0262. The van der Waals surface area contributed by atoms with Crippen molar-refractivity contribution in [3.8, 4) is 5.75 Å². The van der Waals surface area contributed by atoms with E-state index >= 15 is 0 Å². The second kappa shape index (κ2) is 6.15. The molecule has 1 N–H and O–H groups in total. The van der Waals surface area contributed by atoms with Gasteiger partial charge in [0.05, 0.1) is 12.2 Å². The molecule has 1 aromatic carbocycles. The van der Waals surface area contributed by atoms with Gasteiger partial charge in [-0.1, -0.05) is 17.7 Å². The van der Waals surface area contributed by atoms with Crippen LogP contribution in [0.3, 0.4) is 0 Å². The molecule has 2 aliphatic rings. The predicted molar refractivity (Wildman–Crippen MR) is 80.1 cm³/mol. The number of hydrogen-bond acceptors (Lipinski definition) is 3. The summed E-state index contributed by atoms with van der Waals surface area (Å²) in [6.07, 6.45) is 5.54. The molecule has 0 bridgehead atoms. The van der Waals surface area contributed by atoms with Crippen LogP contribution in [0, 0.1) is 6.92 Å². The van der Waals surface area contributed by atoms with Crippen LogP contribution >= 0.6 is 0 Å². The zero-order valence-electron chi connectivity index (χ0n) is 12.5. The van der Waals surface area contributed by atoms with Gasteiger partial charge in [-0.3, -0.25) is 0 Å². The highest BCUT2D eigenvalue weighted by atomic mass is 16.5. The van der Waals surface area contributed by atoms with Crippen LogP contribution in [0.1, 0.15) is 43.7 Å². The van der Waals surface area contributed by atoms with Crippen LogP contribution in [-0.2, 0) is 11.3 Å². The maximum absolute atomic E-state index is 6.01. The standard InChI is InChI=1S/C17H25NO2/c1-12-3-8-17(14(9-12)10-18-15-5-6-15)19-11-16-7-4-13(2)20-16/h3,8-9,13,15-16,18H,4-7,10-11H2,1-2H3. The van der Waals surface area contributed by atoms with Gasteiger partial charge >= 0.3 is 0 Å². The van der Waals surface area contributed by atoms with E-state index < -0.39 is 0 Å². The molecule has 3 heteroatoms. The Hall–Kier alpha value is -1.06. The lowest BCUT2D eigenvalue weighted by atomic mass is 10.1.